The summed E-state index contributed by atoms with van der Waals surface area (Å²) in [5, 5.41) is 0. The van der Waals surface area contributed by atoms with Gasteiger partial charge in [-0.2, -0.15) is 31.3 Å². The van der Waals surface area contributed by atoms with Gasteiger partial charge in [-0.05, 0) is 71.0 Å². The average Bonchev–Trinajstić information content (AvgIpc) is 4.50. The molecular weight excluding hydrogens is 1090 g/mol. The molecule has 1 saturated carbocycles. The molecule has 2 aliphatic heterocycles. The highest BCUT2D eigenvalue weighted by atomic mass is 19.4. The Morgan fingerprint density at radius 3 is 1.45 bits per heavy atom. The summed E-state index contributed by atoms with van der Waals surface area (Å²) in [6.45, 7) is 3.78. The zero-order valence-corrected chi connectivity index (χ0v) is 45.0. The van der Waals surface area contributed by atoms with Crippen LogP contribution >= 0.6 is 0 Å². The number of hydrogen-bond acceptors (Lipinski definition) is 13. The second-order valence-electron chi connectivity index (χ2n) is 20.2. The molecule has 3 aromatic carbocycles. The maximum Gasteiger partial charge on any atom is 0.437 e. The summed E-state index contributed by atoms with van der Waals surface area (Å²) in [7, 11) is 1.64. The van der Waals surface area contributed by atoms with Crippen LogP contribution < -0.4 is 14.7 Å². The molecule has 4 aromatic heterocycles. The second kappa shape index (κ2) is 26.0. The monoisotopic (exact) mass is 1150 g/mol. The normalized spacial score (nSPS) is 15.1. The number of halogens is 8. The summed E-state index contributed by atoms with van der Waals surface area (Å²) in [6.07, 6.45) is -1.04. The predicted molar refractivity (Wildman–Crippen MR) is 291 cm³/mol. The van der Waals surface area contributed by atoms with E-state index in [0.29, 0.717) is 86.2 Å². The Hall–Kier alpha value is -8.76. The van der Waals surface area contributed by atoms with Gasteiger partial charge in [0, 0.05) is 96.8 Å². The average molecular weight is 1150 g/mol. The van der Waals surface area contributed by atoms with Gasteiger partial charge >= 0.3 is 12.4 Å². The molecule has 3 fully saturated rings. The van der Waals surface area contributed by atoms with Gasteiger partial charge in [-0.25, -0.2) is 23.7 Å². The zero-order chi connectivity index (χ0) is 58.8. The molecule has 2 saturated heterocycles. The van der Waals surface area contributed by atoms with Crippen LogP contribution in [0.1, 0.15) is 91.9 Å². The number of carbonyl (C=O) groups is 4. The fraction of sp³-hybridized carbons (Fsp3) is 0.333. The van der Waals surface area contributed by atoms with Crippen molar-refractivity contribution in [2.75, 3.05) is 74.1 Å². The number of Topliss-reactive ketones (excluding diaryl/α,β-unsaturated/α-hetero) is 2. The number of carbonyl (C=O) groups excluding carboxylic acids is 4. The number of pyridine rings is 2. The van der Waals surface area contributed by atoms with Gasteiger partial charge in [0.05, 0.1) is 12.8 Å². The summed E-state index contributed by atoms with van der Waals surface area (Å²) in [5.74, 6) is -3.57. The summed E-state index contributed by atoms with van der Waals surface area (Å²) in [5.41, 5.74) is -0.387. The SMILES string of the molecule is CN(c1nc(C(F)(F)F)c(C(=O)Cc2ccc(N3CCN(C(=O)Cc4ccccc4F)CC3)nc2)o1)C1CCCC1.O=C(Cc1ccc(N2CCN(C(=O)Cc3ccccc3F)CC2)nc1)c1oc(/C=C/c2ccccc2)nc1C(F)(F)F. The molecule has 0 spiro atoms. The molecule has 3 aliphatic rings. The van der Waals surface area contributed by atoms with Crippen LogP contribution in [-0.4, -0.2) is 119 Å². The number of benzene rings is 3. The van der Waals surface area contributed by atoms with E-state index >= 15 is 0 Å². The number of aromatic nitrogens is 4. The van der Waals surface area contributed by atoms with E-state index in [1.165, 1.54) is 30.6 Å². The van der Waals surface area contributed by atoms with Gasteiger partial charge in [-0.15, -0.1) is 0 Å². The van der Waals surface area contributed by atoms with Crippen molar-refractivity contribution in [3.05, 3.63) is 184 Å². The molecule has 0 N–H and O–H groups in total. The molecule has 15 nitrogen and oxygen atoms in total. The second-order valence-corrected chi connectivity index (χ2v) is 20.2. The Labute approximate surface area is 472 Å². The largest absolute Gasteiger partial charge is 0.437 e. The van der Waals surface area contributed by atoms with Gasteiger partial charge in [0.1, 0.15) is 23.3 Å². The fourth-order valence-electron chi connectivity index (χ4n) is 9.96. The molecule has 7 aromatic rings. The molecule has 0 unspecified atom stereocenters. The first-order valence-electron chi connectivity index (χ1n) is 26.9. The first-order valence-corrected chi connectivity index (χ1v) is 26.9. The van der Waals surface area contributed by atoms with Crippen LogP contribution in [0.4, 0.5) is 52.8 Å². The van der Waals surface area contributed by atoms with Crippen LogP contribution in [0.3, 0.4) is 0 Å². The Balaban J connectivity index is 0.000000200. The lowest BCUT2D eigenvalue weighted by atomic mass is 10.1. The van der Waals surface area contributed by atoms with Crippen molar-refractivity contribution in [1.29, 1.82) is 0 Å². The first-order chi connectivity index (χ1) is 39.8. The molecule has 10 rings (SSSR count). The maximum absolute atomic E-state index is 13.9. The van der Waals surface area contributed by atoms with Crippen LogP contribution in [0.25, 0.3) is 12.2 Å². The lowest BCUT2D eigenvalue weighted by molar-refractivity contribution is -0.142. The number of nitrogens with zero attached hydrogens (tertiary/aromatic N) is 9. The Morgan fingerprint density at radius 1 is 0.554 bits per heavy atom. The van der Waals surface area contributed by atoms with Gasteiger partial charge in [0.2, 0.25) is 40.8 Å². The summed E-state index contributed by atoms with van der Waals surface area (Å²) < 4.78 is 120. The minimum Gasteiger partial charge on any atom is -0.433 e. The Morgan fingerprint density at radius 2 is 1.00 bits per heavy atom. The highest BCUT2D eigenvalue weighted by Gasteiger charge is 2.43. The minimum absolute atomic E-state index is 0.00669. The van der Waals surface area contributed by atoms with Gasteiger partial charge in [0.25, 0.3) is 6.01 Å². The number of rotatable bonds is 16. The van der Waals surface area contributed by atoms with Crippen LogP contribution in [0.2, 0.25) is 0 Å². The van der Waals surface area contributed by atoms with Gasteiger partial charge in [-0.1, -0.05) is 91.7 Å². The topological polar surface area (TPSA) is 162 Å². The van der Waals surface area contributed by atoms with Crippen LogP contribution in [0.15, 0.2) is 124 Å². The number of hydrogen-bond donors (Lipinski definition) is 0. The smallest absolute Gasteiger partial charge is 0.433 e. The fourth-order valence-corrected chi connectivity index (χ4v) is 9.96. The van der Waals surface area contributed by atoms with Crippen molar-refractivity contribution in [3.8, 4) is 0 Å². The minimum atomic E-state index is -4.87. The van der Waals surface area contributed by atoms with Crippen LogP contribution in [-0.2, 0) is 47.6 Å². The van der Waals surface area contributed by atoms with Gasteiger partial charge < -0.3 is 33.3 Å². The summed E-state index contributed by atoms with van der Waals surface area (Å²) in [6, 6.07) is 27.8. The van der Waals surface area contributed by atoms with E-state index in [1.807, 2.05) is 15.9 Å². The highest BCUT2D eigenvalue weighted by Crippen LogP contribution is 2.37. The Bertz CT molecular complexity index is 3400. The van der Waals surface area contributed by atoms with E-state index in [0.717, 1.165) is 31.2 Å². The number of alkyl halides is 6. The standard InChI is InChI=1S/C31H26F4N4O3.C29H31F4N5O3/c32-24-9-5-4-8-23(24)19-28(41)39-16-14-38(15-17-39)26-12-10-22(20-36-26)18-25(40)29-30(31(33,34)35)37-27(42-29)13-11-21-6-2-1-3-7-21;1-36(21-7-3-4-8-21)28-35-27(29(31,32)33)26(41-28)23(39)16-19-10-11-24(34-18-19)37-12-14-38(15-13-37)25(40)17-20-6-2-5-9-22(20)30/h1-13,20H,14-19H2;2,5-6,9-11,18,21H,3-4,7-8,12-17H2,1H3/b13-11+;. The number of ketones is 2. The van der Waals surface area contributed by atoms with Crippen molar-refractivity contribution < 1.29 is 63.1 Å². The quantitative estimate of drug-likeness (QED) is 0.0664. The van der Waals surface area contributed by atoms with Crippen molar-refractivity contribution in [3.63, 3.8) is 0 Å². The molecule has 1 aliphatic carbocycles. The molecule has 434 valence electrons. The predicted octanol–water partition coefficient (Wildman–Crippen LogP) is 10.6. The molecular formula is C60H57F8N9O6. The molecule has 0 bridgehead atoms. The number of piperazine rings is 2. The van der Waals surface area contributed by atoms with Gasteiger partial charge in [-0.3, -0.25) is 19.2 Å². The summed E-state index contributed by atoms with van der Waals surface area (Å²) in [4.78, 5) is 75.9. The van der Waals surface area contributed by atoms with Gasteiger partial charge in [0.15, 0.2) is 11.4 Å². The number of anilines is 3. The molecule has 83 heavy (non-hydrogen) atoms. The molecule has 2 amide bonds. The zero-order valence-electron chi connectivity index (χ0n) is 45.0. The van der Waals surface area contributed by atoms with E-state index in [4.69, 9.17) is 8.83 Å². The number of oxazole rings is 2. The Kier molecular flexibility index (Phi) is 18.4. The number of amides is 2. The van der Waals surface area contributed by atoms with E-state index < -0.39 is 58.5 Å². The molecule has 23 heteroatoms. The van der Waals surface area contributed by atoms with E-state index in [9.17, 15) is 54.3 Å². The lowest BCUT2D eigenvalue weighted by Gasteiger charge is -2.35. The first kappa shape index (κ1) is 58.9. The van der Waals surface area contributed by atoms with E-state index in [-0.39, 0.29) is 55.4 Å². The van der Waals surface area contributed by atoms with Crippen molar-refractivity contribution in [2.24, 2.45) is 0 Å². The molecule has 0 atom stereocenters. The lowest BCUT2D eigenvalue weighted by Crippen LogP contribution is -2.49. The third kappa shape index (κ3) is 15.0. The van der Waals surface area contributed by atoms with E-state index in [1.54, 1.807) is 113 Å². The van der Waals surface area contributed by atoms with Crippen molar-refractivity contribution >= 4 is 53.2 Å². The summed E-state index contributed by atoms with van der Waals surface area (Å²) >= 11 is 0. The molecule has 0 radical (unpaired) electrons. The van der Waals surface area contributed by atoms with Crippen molar-refractivity contribution in [2.45, 2.75) is 69.8 Å². The van der Waals surface area contributed by atoms with E-state index in [2.05, 4.69) is 19.9 Å². The van der Waals surface area contributed by atoms with Crippen LogP contribution in [0, 0.1) is 11.6 Å². The third-order valence-electron chi connectivity index (χ3n) is 14.6. The molecule has 6 heterocycles. The van der Waals surface area contributed by atoms with Crippen LogP contribution in [0.5, 0.6) is 0 Å². The van der Waals surface area contributed by atoms with Crippen molar-refractivity contribution in [1.82, 2.24) is 29.7 Å². The maximum atomic E-state index is 13.9. The highest BCUT2D eigenvalue weighted by molar-refractivity contribution is 5.97. The third-order valence-corrected chi connectivity index (χ3v) is 14.6.